The summed E-state index contributed by atoms with van der Waals surface area (Å²) < 4.78 is 13.3. The maximum absolute atomic E-state index is 13.3. The van der Waals surface area contributed by atoms with Gasteiger partial charge in [0.05, 0.1) is 6.04 Å². The van der Waals surface area contributed by atoms with E-state index < -0.39 is 11.8 Å². The van der Waals surface area contributed by atoms with E-state index in [2.05, 4.69) is 44.2 Å². The molecule has 2 N–H and O–H groups in total. The van der Waals surface area contributed by atoms with E-state index in [-0.39, 0.29) is 11.9 Å². The van der Waals surface area contributed by atoms with Gasteiger partial charge >= 0.3 is 11.8 Å². The molecule has 9 heteroatoms. The Bertz CT molecular complexity index is 899. The maximum Gasteiger partial charge on any atom is 0.309 e. The molecule has 0 bridgehead atoms. The van der Waals surface area contributed by atoms with Crippen LogP contribution in [0, 0.1) is 5.82 Å². The zero-order valence-corrected chi connectivity index (χ0v) is 20.0. The summed E-state index contributed by atoms with van der Waals surface area (Å²) in [5.74, 6) is -1.48. The lowest BCUT2D eigenvalue weighted by Crippen LogP contribution is -2.51. The third kappa shape index (κ3) is 7.23. The van der Waals surface area contributed by atoms with Crippen molar-refractivity contribution in [2.45, 2.75) is 19.9 Å². The van der Waals surface area contributed by atoms with Crippen molar-refractivity contribution < 1.29 is 14.0 Å². The number of hydrogen-bond acceptors (Lipinski definition) is 6. The molecule has 1 aliphatic rings. The van der Waals surface area contributed by atoms with Gasteiger partial charge in [-0.25, -0.2) is 4.39 Å². The summed E-state index contributed by atoms with van der Waals surface area (Å²) in [7, 11) is 0. The van der Waals surface area contributed by atoms with Crippen LogP contribution in [0.2, 0.25) is 0 Å². The van der Waals surface area contributed by atoms with Crippen LogP contribution in [0.4, 0.5) is 10.1 Å². The number of pyridine rings is 1. The van der Waals surface area contributed by atoms with Crippen molar-refractivity contribution in [2.24, 2.45) is 0 Å². The van der Waals surface area contributed by atoms with Crippen molar-refractivity contribution in [2.75, 3.05) is 63.8 Å². The highest BCUT2D eigenvalue weighted by atomic mass is 19.1. The van der Waals surface area contributed by atoms with Crippen LogP contribution in [0.25, 0.3) is 0 Å². The number of carbonyl (C=O) groups is 2. The van der Waals surface area contributed by atoms with E-state index in [1.165, 1.54) is 12.1 Å². The minimum atomic E-state index is -0.626. The van der Waals surface area contributed by atoms with E-state index in [1.54, 1.807) is 24.5 Å². The molecular formula is C25H35FN6O2. The highest BCUT2D eigenvalue weighted by molar-refractivity contribution is 6.35. The molecule has 0 aliphatic carbocycles. The quantitative estimate of drug-likeness (QED) is 0.514. The van der Waals surface area contributed by atoms with Gasteiger partial charge in [-0.15, -0.1) is 0 Å². The van der Waals surface area contributed by atoms with Crippen molar-refractivity contribution in [3.05, 3.63) is 60.2 Å². The number of likely N-dealkylation sites (N-methyl/N-ethyl adjacent to an activating group) is 1. The molecule has 0 unspecified atom stereocenters. The minimum Gasteiger partial charge on any atom is -0.369 e. The molecule has 1 aromatic carbocycles. The maximum atomic E-state index is 13.3. The molecule has 1 saturated heterocycles. The van der Waals surface area contributed by atoms with Gasteiger partial charge in [-0.05, 0) is 49.0 Å². The van der Waals surface area contributed by atoms with E-state index in [4.69, 9.17) is 0 Å². The number of piperazine rings is 1. The topological polar surface area (TPSA) is 80.8 Å². The standard InChI is InChI=1S/C25H35FN6O2/c1-3-30(4-2)13-12-28-24(33)25(34)29-19-23(20-6-5-11-27-18-20)32-16-14-31(15-17-32)22-9-7-21(26)8-10-22/h5-11,18,23H,3-4,12-17,19H2,1-2H3,(H,28,33)(H,29,34)/t23-/m0/s1. The summed E-state index contributed by atoms with van der Waals surface area (Å²) in [5.41, 5.74) is 1.98. The number of nitrogens with one attached hydrogen (secondary N) is 2. The molecule has 0 saturated carbocycles. The molecule has 2 heterocycles. The van der Waals surface area contributed by atoms with E-state index in [0.29, 0.717) is 19.6 Å². The number of amides is 2. The summed E-state index contributed by atoms with van der Waals surface area (Å²) >= 11 is 0. The second-order valence-electron chi connectivity index (χ2n) is 8.29. The van der Waals surface area contributed by atoms with E-state index in [0.717, 1.165) is 50.5 Å². The Morgan fingerprint density at radius 3 is 2.32 bits per heavy atom. The summed E-state index contributed by atoms with van der Waals surface area (Å²) in [6, 6.07) is 10.3. The minimum absolute atomic E-state index is 0.100. The van der Waals surface area contributed by atoms with Crippen LogP contribution in [0.5, 0.6) is 0 Å². The highest BCUT2D eigenvalue weighted by Crippen LogP contribution is 2.23. The smallest absolute Gasteiger partial charge is 0.309 e. The lowest BCUT2D eigenvalue weighted by molar-refractivity contribution is -0.139. The summed E-state index contributed by atoms with van der Waals surface area (Å²) in [6.45, 7) is 10.5. The first kappa shape index (κ1) is 25.6. The second kappa shape index (κ2) is 13.0. The molecule has 1 fully saturated rings. The number of halogens is 1. The van der Waals surface area contributed by atoms with Gasteiger partial charge in [0.1, 0.15) is 5.82 Å². The van der Waals surface area contributed by atoms with E-state index in [1.807, 2.05) is 12.1 Å². The molecule has 0 radical (unpaired) electrons. The average Bonchev–Trinajstić information content (AvgIpc) is 2.88. The first-order valence-electron chi connectivity index (χ1n) is 11.9. The zero-order chi connectivity index (χ0) is 24.3. The van der Waals surface area contributed by atoms with E-state index >= 15 is 0 Å². The Kier molecular flexibility index (Phi) is 9.78. The normalized spacial score (nSPS) is 15.2. The van der Waals surface area contributed by atoms with Crippen molar-refractivity contribution >= 4 is 17.5 Å². The molecule has 1 aliphatic heterocycles. The Morgan fingerprint density at radius 1 is 1.03 bits per heavy atom. The molecule has 1 aromatic heterocycles. The van der Waals surface area contributed by atoms with Crippen molar-refractivity contribution in [1.82, 2.24) is 25.4 Å². The predicted molar refractivity (Wildman–Crippen MR) is 131 cm³/mol. The van der Waals surface area contributed by atoms with Crippen LogP contribution < -0.4 is 15.5 Å². The van der Waals surface area contributed by atoms with Gasteiger partial charge in [-0.2, -0.15) is 0 Å². The number of benzene rings is 1. The molecule has 2 aromatic rings. The third-order valence-electron chi connectivity index (χ3n) is 6.29. The number of rotatable bonds is 10. The first-order valence-corrected chi connectivity index (χ1v) is 11.9. The van der Waals surface area contributed by atoms with Crippen molar-refractivity contribution in [3.63, 3.8) is 0 Å². The average molecular weight is 471 g/mol. The summed E-state index contributed by atoms with van der Waals surface area (Å²) in [4.78, 5) is 35.6. The third-order valence-corrected chi connectivity index (χ3v) is 6.29. The van der Waals surface area contributed by atoms with Crippen LogP contribution in [-0.2, 0) is 9.59 Å². The van der Waals surface area contributed by atoms with Crippen molar-refractivity contribution in [1.29, 1.82) is 0 Å². The predicted octanol–water partition coefficient (Wildman–Crippen LogP) is 1.66. The first-order chi connectivity index (χ1) is 16.5. The Balaban J connectivity index is 1.55. The molecule has 1 atom stereocenters. The molecule has 8 nitrogen and oxygen atoms in total. The number of nitrogens with zero attached hydrogens (tertiary/aromatic N) is 4. The van der Waals surface area contributed by atoms with Crippen LogP contribution >= 0.6 is 0 Å². The van der Waals surface area contributed by atoms with Crippen LogP contribution in [0.3, 0.4) is 0 Å². The lowest BCUT2D eigenvalue weighted by atomic mass is 10.1. The SMILES string of the molecule is CCN(CC)CCNC(=O)C(=O)NC[C@@H](c1cccnc1)N1CCN(c2ccc(F)cc2)CC1. The number of carbonyl (C=O) groups excluding carboxylic acids is 2. The molecule has 34 heavy (non-hydrogen) atoms. The summed E-state index contributed by atoms with van der Waals surface area (Å²) in [5, 5.41) is 5.50. The Labute approximate surface area is 201 Å². The Hall–Kier alpha value is -3.04. The highest BCUT2D eigenvalue weighted by Gasteiger charge is 2.26. The Morgan fingerprint density at radius 2 is 1.71 bits per heavy atom. The van der Waals surface area contributed by atoms with Crippen LogP contribution in [0.15, 0.2) is 48.8 Å². The van der Waals surface area contributed by atoms with Gasteiger partial charge < -0.3 is 20.4 Å². The van der Waals surface area contributed by atoms with Gasteiger partial charge in [0.15, 0.2) is 0 Å². The van der Waals surface area contributed by atoms with E-state index in [9.17, 15) is 14.0 Å². The largest absolute Gasteiger partial charge is 0.369 e. The van der Waals surface area contributed by atoms with Gasteiger partial charge in [0, 0.05) is 63.9 Å². The van der Waals surface area contributed by atoms with Crippen LogP contribution in [-0.4, -0.2) is 85.5 Å². The monoisotopic (exact) mass is 470 g/mol. The fraction of sp³-hybridized carbons (Fsp3) is 0.480. The fourth-order valence-electron chi connectivity index (χ4n) is 4.19. The van der Waals surface area contributed by atoms with Gasteiger partial charge in [-0.3, -0.25) is 19.5 Å². The molecular weight excluding hydrogens is 435 g/mol. The van der Waals surface area contributed by atoms with Gasteiger partial charge in [0.2, 0.25) is 0 Å². The number of hydrogen-bond donors (Lipinski definition) is 2. The second-order valence-corrected chi connectivity index (χ2v) is 8.29. The molecule has 184 valence electrons. The van der Waals surface area contributed by atoms with Gasteiger partial charge in [-0.1, -0.05) is 19.9 Å². The molecule has 0 spiro atoms. The van der Waals surface area contributed by atoms with Crippen LogP contribution in [0.1, 0.15) is 25.5 Å². The zero-order valence-electron chi connectivity index (χ0n) is 20.0. The fourth-order valence-corrected chi connectivity index (χ4v) is 4.19. The summed E-state index contributed by atoms with van der Waals surface area (Å²) in [6.07, 6.45) is 3.52. The molecule has 2 amide bonds. The lowest BCUT2D eigenvalue weighted by Gasteiger charge is -2.40. The number of aromatic nitrogens is 1. The van der Waals surface area contributed by atoms with Gasteiger partial charge in [0.25, 0.3) is 0 Å². The number of anilines is 1. The molecule has 3 rings (SSSR count). The van der Waals surface area contributed by atoms with Crippen molar-refractivity contribution in [3.8, 4) is 0 Å².